The standard InChI is InChI=1S/C48H41BO2/c1-7-14-43-37(8-2)38-17-12-13-18-44(38)49(43)36-24-30(3)23-34(25-36)32-19-21-45-41(26-32)42-27-33(20-22-46(42)51-45)40-29-35(48(4,5)6)28-39(47(40)50)31-15-10-9-11-16-31/h7-29,50H,2H2,1,3-6H3/b14-7-. The molecule has 6 aromatic carbocycles. The van der Waals surface area contributed by atoms with Crippen molar-refractivity contribution in [3.05, 3.63) is 168 Å². The van der Waals surface area contributed by atoms with E-state index in [2.05, 4.69) is 150 Å². The summed E-state index contributed by atoms with van der Waals surface area (Å²) in [5.74, 6) is 0.286. The fourth-order valence-corrected chi connectivity index (χ4v) is 7.82. The summed E-state index contributed by atoms with van der Waals surface area (Å²) in [4.78, 5) is 0. The zero-order chi connectivity index (χ0) is 35.4. The number of aryl methyl sites for hydroxylation is 1. The predicted octanol–water partition coefficient (Wildman–Crippen LogP) is 11.6. The molecule has 248 valence electrons. The molecule has 2 nitrogen and oxygen atoms in total. The topological polar surface area (TPSA) is 33.4 Å². The van der Waals surface area contributed by atoms with Crippen LogP contribution < -0.4 is 10.9 Å². The molecule has 0 spiro atoms. The fraction of sp³-hybridized carbons (Fsp3) is 0.125. The summed E-state index contributed by atoms with van der Waals surface area (Å²) in [6, 6.07) is 42.8. The Hall–Kier alpha value is -5.80. The molecule has 1 aromatic heterocycles. The summed E-state index contributed by atoms with van der Waals surface area (Å²) in [7, 11) is 0. The number of rotatable bonds is 6. The second-order valence-corrected chi connectivity index (χ2v) is 14.8. The van der Waals surface area contributed by atoms with Crippen LogP contribution in [0.2, 0.25) is 0 Å². The highest BCUT2D eigenvalue weighted by Gasteiger charge is 2.33. The number of phenols is 1. The average Bonchev–Trinajstić information content (AvgIpc) is 3.65. The number of aromatic hydroxyl groups is 1. The molecular weight excluding hydrogens is 619 g/mol. The molecule has 0 amide bonds. The van der Waals surface area contributed by atoms with Crippen molar-refractivity contribution in [1.82, 2.24) is 0 Å². The van der Waals surface area contributed by atoms with Gasteiger partial charge in [0.15, 0.2) is 0 Å². The van der Waals surface area contributed by atoms with Gasteiger partial charge < -0.3 is 9.52 Å². The first-order valence-corrected chi connectivity index (χ1v) is 17.7. The normalized spacial score (nSPS) is 13.2. The molecule has 1 N–H and O–H groups in total. The van der Waals surface area contributed by atoms with Crippen molar-refractivity contribution in [2.24, 2.45) is 0 Å². The maximum absolute atomic E-state index is 11.8. The molecule has 0 aliphatic carbocycles. The van der Waals surface area contributed by atoms with Crippen molar-refractivity contribution in [3.8, 4) is 39.1 Å². The number of hydrogen-bond acceptors (Lipinski definition) is 2. The van der Waals surface area contributed by atoms with E-state index in [0.717, 1.165) is 49.8 Å². The van der Waals surface area contributed by atoms with E-state index in [1.807, 2.05) is 30.3 Å². The number of allylic oxidation sites excluding steroid dienone is 5. The van der Waals surface area contributed by atoms with Crippen LogP contribution in [0.25, 0.3) is 60.9 Å². The molecule has 0 radical (unpaired) electrons. The van der Waals surface area contributed by atoms with E-state index >= 15 is 0 Å². The summed E-state index contributed by atoms with van der Waals surface area (Å²) in [6.45, 7) is 15.2. The Morgan fingerprint density at radius 2 is 1.31 bits per heavy atom. The van der Waals surface area contributed by atoms with Gasteiger partial charge in [-0.2, -0.15) is 0 Å². The van der Waals surface area contributed by atoms with Crippen LogP contribution in [-0.4, -0.2) is 11.8 Å². The summed E-state index contributed by atoms with van der Waals surface area (Å²) < 4.78 is 6.38. The number of furan rings is 1. The molecule has 1 aliphatic heterocycles. The molecule has 2 heterocycles. The number of hydrogen-bond donors (Lipinski definition) is 1. The van der Waals surface area contributed by atoms with Crippen molar-refractivity contribution in [2.75, 3.05) is 0 Å². The number of phenolic OH excluding ortho intramolecular Hbond substituents is 1. The van der Waals surface area contributed by atoms with Gasteiger partial charge in [-0.3, -0.25) is 0 Å². The van der Waals surface area contributed by atoms with Gasteiger partial charge >= 0.3 is 0 Å². The van der Waals surface area contributed by atoms with Gasteiger partial charge in [-0.15, -0.1) is 0 Å². The lowest BCUT2D eigenvalue weighted by Gasteiger charge is -2.23. The first-order valence-electron chi connectivity index (χ1n) is 17.7. The van der Waals surface area contributed by atoms with Gasteiger partial charge in [0, 0.05) is 21.9 Å². The van der Waals surface area contributed by atoms with Crippen LogP contribution in [0.3, 0.4) is 0 Å². The molecular formula is C48H41BO2. The van der Waals surface area contributed by atoms with Crippen molar-refractivity contribution in [1.29, 1.82) is 0 Å². The van der Waals surface area contributed by atoms with Crippen molar-refractivity contribution in [2.45, 2.75) is 40.0 Å². The van der Waals surface area contributed by atoms with Gasteiger partial charge in [-0.05, 0) is 94.6 Å². The molecule has 1 aliphatic rings. The van der Waals surface area contributed by atoms with Crippen molar-refractivity contribution in [3.63, 3.8) is 0 Å². The lowest BCUT2D eigenvalue weighted by molar-refractivity contribution is 0.478. The van der Waals surface area contributed by atoms with Gasteiger partial charge in [-0.1, -0.05) is 152 Å². The summed E-state index contributed by atoms with van der Waals surface area (Å²) >= 11 is 0. The van der Waals surface area contributed by atoms with E-state index < -0.39 is 0 Å². The molecule has 7 aromatic rings. The molecule has 8 rings (SSSR count). The van der Waals surface area contributed by atoms with E-state index in [1.165, 1.54) is 44.2 Å². The van der Waals surface area contributed by atoms with E-state index in [1.54, 1.807) is 0 Å². The third-order valence-corrected chi connectivity index (χ3v) is 10.3. The smallest absolute Gasteiger partial charge is 0.242 e. The predicted molar refractivity (Wildman–Crippen MR) is 219 cm³/mol. The second kappa shape index (κ2) is 12.5. The highest BCUT2D eigenvalue weighted by atomic mass is 16.3. The zero-order valence-corrected chi connectivity index (χ0v) is 29.9. The van der Waals surface area contributed by atoms with Crippen molar-refractivity contribution >= 4 is 45.1 Å². The quantitative estimate of drug-likeness (QED) is 0.180. The van der Waals surface area contributed by atoms with Crippen LogP contribution in [-0.2, 0) is 5.41 Å². The third-order valence-electron chi connectivity index (χ3n) is 10.3. The highest BCUT2D eigenvalue weighted by molar-refractivity contribution is 6.94. The summed E-state index contributed by atoms with van der Waals surface area (Å²) in [5, 5.41) is 13.8. The average molecular weight is 661 g/mol. The van der Waals surface area contributed by atoms with Gasteiger partial charge in [0.25, 0.3) is 0 Å². The Labute approximate surface area is 301 Å². The summed E-state index contributed by atoms with van der Waals surface area (Å²) in [6.07, 6.45) is 6.36. The second-order valence-electron chi connectivity index (χ2n) is 14.8. The summed E-state index contributed by atoms with van der Waals surface area (Å²) in [5.41, 5.74) is 16.2. The first-order chi connectivity index (χ1) is 24.6. The highest BCUT2D eigenvalue weighted by Crippen LogP contribution is 2.44. The fourth-order valence-electron chi connectivity index (χ4n) is 7.82. The van der Waals surface area contributed by atoms with Crippen LogP contribution in [0.4, 0.5) is 0 Å². The maximum atomic E-state index is 11.8. The minimum atomic E-state index is -0.100. The molecule has 0 unspecified atom stereocenters. The zero-order valence-electron chi connectivity index (χ0n) is 29.9. The van der Waals surface area contributed by atoms with Crippen LogP contribution in [0.1, 0.15) is 44.4 Å². The number of benzene rings is 6. The van der Waals surface area contributed by atoms with E-state index in [0.29, 0.717) is 0 Å². The molecule has 0 atom stereocenters. The minimum absolute atomic E-state index is 0.100. The Bertz CT molecular complexity index is 2560. The Morgan fingerprint density at radius 1 is 0.667 bits per heavy atom. The first kappa shape index (κ1) is 32.4. The van der Waals surface area contributed by atoms with Crippen molar-refractivity contribution < 1.29 is 9.52 Å². The van der Waals surface area contributed by atoms with Gasteiger partial charge in [-0.25, -0.2) is 0 Å². The molecule has 51 heavy (non-hydrogen) atoms. The third kappa shape index (κ3) is 5.64. The molecule has 0 saturated carbocycles. The van der Waals surface area contributed by atoms with Crippen LogP contribution >= 0.6 is 0 Å². The lowest BCUT2D eigenvalue weighted by Crippen LogP contribution is -2.42. The molecule has 3 heteroatoms. The van der Waals surface area contributed by atoms with Crippen LogP contribution in [0.15, 0.2) is 156 Å². The monoisotopic (exact) mass is 660 g/mol. The van der Waals surface area contributed by atoms with E-state index in [-0.39, 0.29) is 17.9 Å². The molecule has 0 bridgehead atoms. The van der Waals surface area contributed by atoms with Crippen LogP contribution in [0, 0.1) is 6.92 Å². The molecule has 0 fully saturated rings. The SMILES string of the molecule is C=CC1=C(/C=C\C)B(c2cc(C)cc(-c3ccc4oc5ccc(-c6cc(C(C)(C)C)cc(-c7ccccc7)c6O)cc5c4c3)c2)c2ccccc21. The Kier molecular flexibility index (Phi) is 7.95. The number of fused-ring (bicyclic) bond motifs is 4. The van der Waals surface area contributed by atoms with E-state index in [4.69, 9.17) is 4.42 Å². The van der Waals surface area contributed by atoms with Crippen LogP contribution in [0.5, 0.6) is 5.75 Å². The Balaban J connectivity index is 1.26. The van der Waals surface area contributed by atoms with Gasteiger partial charge in [0.2, 0.25) is 6.71 Å². The minimum Gasteiger partial charge on any atom is -0.507 e. The van der Waals surface area contributed by atoms with Gasteiger partial charge in [0.1, 0.15) is 16.9 Å². The maximum Gasteiger partial charge on any atom is 0.242 e. The lowest BCUT2D eigenvalue weighted by atomic mass is 9.37. The van der Waals surface area contributed by atoms with E-state index in [9.17, 15) is 5.11 Å². The molecule has 0 saturated heterocycles. The largest absolute Gasteiger partial charge is 0.507 e. The Morgan fingerprint density at radius 3 is 2.00 bits per heavy atom. The van der Waals surface area contributed by atoms with Gasteiger partial charge in [0.05, 0.1) is 0 Å².